The fourth-order valence-electron chi connectivity index (χ4n) is 3.19. The summed E-state index contributed by atoms with van der Waals surface area (Å²) < 4.78 is 0. The van der Waals surface area contributed by atoms with Crippen LogP contribution in [0.25, 0.3) is 0 Å². The molecule has 1 unspecified atom stereocenters. The molecule has 0 aromatic heterocycles. The van der Waals surface area contributed by atoms with E-state index >= 15 is 0 Å². The van der Waals surface area contributed by atoms with Gasteiger partial charge in [0.25, 0.3) is 0 Å². The molecule has 3 rings (SSSR count). The second kappa shape index (κ2) is 6.88. The van der Waals surface area contributed by atoms with Crippen molar-refractivity contribution in [2.24, 2.45) is 5.92 Å². The highest BCUT2D eigenvalue weighted by molar-refractivity contribution is 5.18. The molecule has 0 spiro atoms. The molecule has 110 valence electrons. The normalized spacial score (nSPS) is 18.5. The summed E-state index contributed by atoms with van der Waals surface area (Å²) in [4.78, 5) is 2.49. The maximum atomic E-state index is 10.5. The molecular weight excluding hydrogens is 258 g/mol. The number of piperidine rings is 1. The van der Waals surface area contributed by atoms with Crippen LogP contribution in [0.3, 0.4) is 0 Å². The predicted molar refractivity (Wildman–Crippen MR) is 85.8 cm³/mol. The summed E-state index contributed by atoms with van der Waals surface area (Å²) in [6.45, 7) is 3.17. The summed E-state index contributed by atoms with van der Waals surface area (Å²) in [6, 6.07) is 20.7. The molecule has 0 saturated carbocycles. The van der Waals surface area contributed by atoms with Crippen LogP contribution in [0.1, 0.15) is 30.1 Å². The Kier molecular flexibility index (Phi) is 4.69. The van der Waals surface area contributed by atoms with Crippen LogP contribution in [0.4, 0.5) is 0 Å². The average Bonchev–Trinajstić information content (AvgIpc) is 2.57. The van der Waals surface area contributed by atoms with Gasteiger partial charge in [0.1, 0.15) is 0 Å². The Bertz CT molecular complexity index is 532. The van der Waals surface area contributed by atoms with Gasteiger partial charge in [0.2, 0.25) is 0 Å². The lowest BCUT2D eigenvalue weighted by atomic mass is 9.87. The van der Waals surface area contributed by atoms with Crippen LogP contribution in [0.5, 0.6) is 0 Å². The summed E-state index contributed by atoms with van der Waals surface area (Å²) in [7, 11) is 0. The van der Waals surface area contributed by atoms with Gasteiger partial charge in [-0.2, -0.15) is 0 Å². The zero-order chi connectivity index (χ0) is 14.5. The summed E-state index contributed by atoms with van der Waals surface area (Å²) in [5.41, 5.74) is 2.43. The number of aliphatic hydroxyl groups excluding tert-OH is 1. The van der Waals surface area contributed by atoms with E-state index in [1.165, 1.54) is 5.56 Å². The largest absolute Gasteiger partial charge is 0.388 e. The van der Waals surface area contributed by atoms with Crippen LogP contribution < -0.4 is 0 Å². The second-order valence-electron chi connectivity index (χ2n) is 5.95. The molecule has 1 saturated heterocycles. The van der Waals surface area contributed by atoms with Gasteiger partial charge in [0.15, 0.2) is 0 Å². The highest BCUT2D eigenvalue weighted by Gasteiger charge is 2.25. The van der Waals surface area contributed by atoms with Gasteiger partial charge in [-0.05, 0) is 43.0 Å². The van der Waals surface area contributed by atoms with Crippen molar-refractivity contribution in [3.63, 3.8) is 0 Å². The van der Waals surface area contributed by atoms with Crippen molar-refractivity contribution in [2.45, 2.75) is 25.5 Å². The molecule has 0 radical (unpaired) electrons. The molecule has 0 aliphatic carbocycles. The van der Waals surface area contributed by atoms with E-state index in [9.17, 15) is 5.11 Å². The topological polar surface area (TPSA) is 23.5 Å². The average molecular weight is 281 g/mol. The standard InChI is InChI=1S/C19H23NO/c21-19(17-9-5-2-6-10-17)18-11-13-20(14-12-18)15-16-7-3-1-4-8-16/h1-10,18-19,21H,11-15H2. The molecule has 21 heavy (non-hydrogen) atoms. The summed E-state index contributed by atoms with van der Waals surface area (Å²) in [5.74, 6) is 0.388. The van der Waals surface area contributed by atoms with Crippen molar-refractivity contribution in [3.05, 3.63) is 71.8 Å². The van der Waals surface area contributed by atoms with Gasteiger partial charge in [-0.1, -0.05) is 60.7 Å². The first-order chi connectivity index (χ1) is 10.3. The van der Waals surface area contributed by atoms with E-state index in [4.69, 9.17) is 0 Å². The molecule has 0 amide bonds. The molecule has 0 bridgehead atoms. The molecule has 2 nitrogen and oxygen atoms in total. The van der Waals surface area contributed by atoms with Gasteiger partial charge < -0.3 is 5.11 Å². The minimum atomic E-state index is -0.315. The molecule has 2 aromatic carbocycles. The number of rotatable bonds is 4. The van der Waals surface area contributed by atoms with E-state index in [-0.39, 0.29) is 6.10 Å². The zero-order valence-corrected chi connectivity index (χ0v) is 12.4. The third-order valence-corrected chi connectivity index (χ3v) is 4.47. The van der Waals surface area contributed by atoms with Gasteiger partial charge >= 0.3 is 0 Å². The minimum absolute atomic E-state index is 0.315. The molecule has 1 aliphatic heterocycles. The number of hydrogen-bond acceptors (Lipinski definition) is 2. The Balaban J connectivity index is 1.53. The Morgan fingerprint density at radius 2 is 1.48 bits per heavy atom. The second-order valence-corrected chi connectivity index (χ2v) is 5.95. The van der Waals surface area contributed by atoms with E-state index in [0.29, 0.717) is 5.92 Å². The lowest BCUT2D eigenvalue weighted by Crippen LogP contribution is -2.35. The van der Waals surface area contributed by atoms with Crippen molar-refractivity contribution in [3.8, 4) is 0 Å². The Hall–Kier alpha value is -1.64. The van der Waals surface area contributed by atoms with Crippen LogP contribution in [0.15, 0.2) is 60.7 Å². The van der Waals surface area contributed by atoms with E-state index < -0.39 is 0 Å². The zero-order valence-electron chi connectivity index (χ0n) is 12.4. The highest BCUT2D eigenvalue weighted by Crippen LogP contribution is 2.30. The molecule has 1 N–H and O–H groups in total. The van der Waals surface area contributed by atoms with Crippen molar-refractivity contribution in [1.82, 2.24) is 4.90 Å². The smallest absolute Gasteiger partial charge is 0.0819 e. The lowest BCUT2D eigenvalue weighted by Gasteiger charge is -2.34. The number of nitrogens with zero attached hydrogens (tertiary/aromatic N) is 1. The van der Waals surface area contributed by atoms with E-state index in [1.54, 1.807) is 0 Å². The fraction of sp³-hybridized carbons (Fsp3) is 0.368. The monoisotopic (exact) mass is 281 g/mol. The van der Waals surface area contributed by atoms with Crippen LogP contribution in [0.2, 0.25) is 0 Å². The number of benzene rings is 2. The highest BCUT2D eigenvalue weighted by atomic mass is 16.3. The SMILES string of the molecule is OC(c1ccccc1)C1CCN(Cc2ccccc2)CC1. The Morgan fingerprint density at radius 1 is 0.905 bits per heavy atom. The quantitative estimate of drug-likeness (QED) is 0.925. The van der Waals surface area contributed by atoms with Crippen LogP contribution in [0, 0.1) is 5.92 Å². The van der Waals surface area contributed by atoms with E-state index in [0.717, 1.165) is 38.0 Å². The van der Waals surface area contributed by atoms with Crippen molar-refractivity contribution >= 4 is 0 Å². The van der Waals surface area contributed by atoms with Crippen molar-refractivity contribution in [1.29, 1.82) is 0 Å². The lowest BCUT2D eigenvalue weighted by molar-refractivity contribution is 0.0568. The third-order valence-electron chi connectivity index (χ3n) is 4.47. The molecule has 1 aliphatic rings. The first-order valence-electron chi connectivity index (χ1n) is 7.82. The molecule has 2 aromatic rings. The van der Waals surface area contributed by atoms with Gasteiger partial charge in [-0.3, -0.25) is 4.90 Å². The fourth-order valence-corrected chi connectivity index (χ4v) is 3.19. The molecule has 1 atom stereocenters. The van der Waals surface area contributed by atoms with E-state index in [2.05, 4.69) is 35.2 Å². The summed E-state index contributed by atoms with van der Waals surface area (Å²) in [6.07, 6.45) is 1.83. The van der Waals surface area contributed by atoms with Crippen LogP contribution >= 0.6 is 0 Å². The predicted octanol–water partition coefficient (Wildman–Crippen LogP) is 3.63. The maximum Gasteiger partial charge on any atom is 0.0819 e. The first-order valence-corrected chi connectivity index (χ1v) is 7.82. The van der Waals surface area contributed by atoms with Crippen LogP contribution in [-0.4, -0.2) is 23.1 Å². The number of aliphatic hydroxyl groups is 1. The van der Waals surface area contributed by atoms with Crippen LogP contribution in [-0.2, 0) is 6.54 Å². The van der Waals surface area contributed by atoms with Gasteiger partial charge in [0.05, 0.1) is 6.10 Å². The van der Waals surface area contributed by atoms with E-state index in [1.807, 2.05) is 30.3 Å². The Labute approximate surface area is 127 Å². The summed E-state index contributed by atoms with van der Waals surface area (Å²) >= 11 is 0. The number of likely N-dealkylation sites (tertiary alicyclic amines) is 1. The molecular formula is C19H23NO. The number of hydrogen-bond donors (Lipinski definition) is 1. The molecule has 2 heteroatoms. The molecule has 1 heterocycles. The summed E-state index contributed by atoms with van der Waals surface area (Å²) in [5, 5.41) is 10.5. The first kappa shape index (κ1) is 14.3. The Morgan fingerprint density at radius 3 is 2.10 bits per heavy atom. The maximum absolute atomic E-state index is 10.5. The van der Waals surface area contributed by atoms with Gasteiger partial charge in [-0.25, -0.2) is 0 Å². The third kappa shape index (κ3) is 3.72. The van der Waals surface area contributed by atoms with Gasteiger partial charge in [0, 0.05) is 6.54 Å². The van der Waals surface area contributed by atoms with Crippen molar-refractivity contribution < 1.29 is 5.11 Å². The molecule has 1 fully saturated rings. The van der Waals surface area contributed by atoms with Crippen molar-refractivity contribution in [2.75, 3.05) is 13.1 Å². The van der Waals surface area contributed by atoms with Gasteiger partial charge in [-0.15, -0.1) is 0 Å². The minimum Gasteiger partial charge on any atom is -0.388 e.